The minimum Gasteiger partial charge on any atom is -0.396 e. The zero-order valence-electron chi connectivity index (χ0n) is 9.70. The highest BCUT2D eigenvalue weighted by Crippen LogP contribution is 2.26. The summed E-state index contributed by atoms with van der Waals surface area (Å²) in [5, 5.41) is 9.23. The van der Waals surface area contributed by atoms with E-state index in [1.165, 1.54) is 0 Å². The Kier molecular flexibility index (Phi) is 6.40. The predicted octanol–water partition coefficient (Wildman–Crippen LogP) is 0.549. The fraction of sp³-hybridized carbons (Fsp3) is 1.00. The quantitative estimate of drug-likeness (QED) is 0.646. The molecule has 0 aromatic rings. The van der Waals surface area contributed by atoms with Crippen LogP contribution < -0.4 is 5.73 Å². The molecule has 5 heteroatoms. The van der Waals surface area contributed by atoms with Crippen molar-refractivity contribution in [3.63, 3.8) is 0 Å². The fourth-order valence-electron chi connectivity index (χ4n) is 1.49. The van der Waals surface area contributed by atoms with Crippen LogP contribution in [0.25, 0.3) is 0 Å². The van der Waals surface area contributed by atoms with Crippen LogP contribution in [-0.4, -0.2) is 38.2 Å². The van der Waals surface area contributed by atoms with Gasteiger partial charge in [0.15, 0.2) is 0 Å². The lowest BCUT2D eigenvalue weighted by Gasteiger charge is -2.28. The van der Waals surface area contributed by atoms with Gasteiger partial charge in [-0.3, -0.25) is 0 Å². The molecule has 0 spiro atoms. The van der Waals surface area contributed by atoms with E-state index in [4.69, 9.17) is 5.73 Å². The monoisotopic (exact) mass is 237 g/mol. The van der Waals surface area contributed by atoms with Crippen LogP contribution in [0.15, 0.2) is 0 Å². The Morgan fingerprint density at radius 1 is 1.33 bits per heavy atom. The minimum atomic E-state index is -2.89. The molecule has 0 aromatic carbocycles. The molecule has 0 saturated carbocycles. The van der Waals surface area contributed by atoms with E-state index in [0.717, 1.165) is 6.42 Å². The second kappa shape index (κ2) is 6.45. The molecule has 1 unspecified atom stereocenters. The lowest BCUT2D eigenvalue weighted by atomic mass is 9.82. The number of aliphatic hydroxyl groups excluding tert-OH is 1. The maximum absolute atomic E-state index is 11.3. The zero-order valence-corrected chi connectivity index (χ0v) is 10.5. The first kappa shape index (κ1) is 14.9. The standard InChI is InChI=1S/C10H23NO3S/c1-3-10(8-11,9-12)6-5-7-15(13,14)4-2/h12H,3-9,11H2,1-2H3. The maximum atomic E-state index is 11.3. The van der Waals surface area contributed by atoms with Crippen LogP contribution in [0.2, 0.25) is 0 Å². The molecule has 0 heterocycles. The van der Waals surface area contributed by atoms with E-state index >= 15 is 0 Å². The molecule has 0 radical (unpaired) electrons. The lowest BCUT2D eigenvalue weighted by Crippen LogP contribution is -2.34. The summed E-state index contributed by atoms with van der Waals surface area (Å²) in [5.74, 6) is 0.388. The van der Waals surface area contributed by atoms with E-state index < -0.39 is 9.84 Å². The fourth-order valence-corrected chi connectivity index (χ4v) is 2.36. The Labute approximate surface area is 92.8 Å². The average molecular weight is 237 g/mol. The SMILES string of the molecule is CCC(CN)(CO)CCCS(=O)(=O)CC. The van der Waals surface area contributed by atoms with Crippen LogP contribution in [-0.2, 0) is 9.84 Å². The van der Waals surface area contributed by atoms with Gasteiger partial charge in [-0.1, -0.05) is 13.8 Å². The van der Waals surface area contributed by atoms with Crippen LogP contribution in [0.5, 0.6) is 0 Å². The van der Waals surface area contributed by atoms with Crippen LogP contribution >= 0.6 is 0 Å². The topological polar surface area (TPSA) is 80.4 Å². The number of hydrogen-bond acceptors (Lipinski definition) is 4. The lowest BCUT2D eigenvalue weighted by molar-refractivity contribution is 0.117. The molecule has 4 nitrogen and oxygen atoms in total. The summed E-state index contributed by atoms with van der Waals surface area (Å²) in [7, 11) is -2.89. The molecule has 3 N–H and O–H groups in total. The predicted molar refractivity (Wildman–Crippen MR) is 62.4 cm³/mol. The van der Waals surface area contributed by atoms with Gasteiger partial charge >= 0.3 is 0 Å². The first-order valence-electron chi connectivity index (χ1n) is 5.46. The maximum Gasteiger partial charge on any atom is 0.150 e. The van der Waals surface area contributed by atoms with Gasteiger partial charge in [-0.2, -0.15) is 0 Å². The van der Waals surface area contributed by atoms with Crippen molar-refractivity contribution in [3.05, 3.63) is 0 Å². The highest BCUT2D eigenvalue weighted by molar-refractivity contribution is 7.91. The molecule has 0 amide bonds. The summed E-state index contributed by atoms with van der Waals surface area (Å²) < 4.78 is 22.5. The van der Waals surface area contributed by atoms with Crippen molar-refractivity contribution >= 4 is 9.84 Å². The van der Waals surface area contributed by atoms with Gasteiger partial charge in [0.25, 0.3) is 0 Å². The van der Waals surface area contributed by atoms with Crippen molar-refractivity contribution in [2.24, 2.45) is 11.1 Å². The molecule has 0 fully saturated rings. The minimum absolute atomic E-state index is 0.0339. The summed E-state index contributed by atoms with van der Waals surface area (Å²) in [4.78, 5) is 0. The first-order chi connectivity index (χ1) is 6.95. The van der Waals surface area contributed by atoms with Crippen molar-refractivity contribution in [2.75, 3.05) is 24.7 Å². The van der Waals surface area contributed by atoms with Crippen LogP contribution in [0, 0.1) is 5.41 Å². The number of sulfone groups is 1. The highest BCUT2D eigenvalue weighted by Gasteiger charge is 2.25. The van der Waals surface area contributed by atoms with E-state index in [1.807, 2.05) is 6.92 Å². The zero-order chi connectivity index (χ0) is 11.9. The third-order valence-electron chi connectivity index (χ3n) is 3.12. The second-order valence-electron chi connectivity index (χ2n) is 4.06. The molecule has 0 aromatic heterocycles. The third kappa shape index (κ3) is 4.95. The van der Waals surface area contributed by atoms with E-state index in [1.54, 1.807) is 6.92 Å². The molecule has 1 atom stereocenters. The Morgan fingerprint density at radius 3 is 2.27 bits per heavy atom. The van der Waals surface area contributed by atoms with Crippen molar-refractivity contribution in [3.8, 4) is 0 Å². The normalized spacial score (nSPS) is 16.3. The summed E-state index contributed by atoms with van der Waals surface area (Å²) in [5.41, 5.74) is 5.31. The van der Waals surface area contributed by atoms with Crippen LogP contribution in [0.4, 0.5) is 0 Å². The molecule has 0 saturated heterocycles. The molecular weight excluding hydrogens is 214 g/mol. The number of hydrogen-bond donors (Lipinski definition) is 2. The first-order valence-corrected chi connectivity index (χ1v) is 7.28. The van der Waals surface area contributed by atoms with Gasteiger partial charge in [0.2, 0.25) is 0 Å². The van der Waals surface area contributed by atoms with Crippen molar-refractivity contribution in [1.82, 2.24) is 0 Å². The molecular formula is C10H23NO3S. The average Bonchev–Trinajstić information content (AvgIpc) is 2.25. The molecule has 92 valence electrons. The molecule has 0 aliphatic rings. The van der Waals surface area contributed by atoms with Gasteiger partial charge in [-0.15, -0.1) is 0 Å². The van der Waals surface area contributed by atoms with Gasteiger partial charge in [0, 0.05) is 24.3 Å². The number of nitrogens with two attached hydrogens (primary N) is 1. The Morgan fingerprint density at radius 2 is 1.93 bits per heavy atom. The third-order valence-corrected chi connectivity index (χ3v) is 4.91. The number of rotatable bonds is 8. The molecule has 0 aliphatic carbocycles. The van der Waals surface area contributed by atoms with Crippen molar-refractivity contribution < 1.29 is 13.5 Å². The van der Waals surface area contributed by atoms with Gasteiger partial charge in [0.1, 0.15) is 9.84 Å². The second-order valence-corrected chi connectivity index (χ2v) is 6.53. The molecule has 0 aliphatic heterocycles. The van der Waals surface area contributed by atoms with Crippen molar-refractivity contribution in [1.29, 1.82) is 0 Å². The van der Waals surface area contributed by atoms with Crippen LogP contribution in [0.3, 0.4) is 0 Å². The van der Waals surface area contributed by atoms with E-state index in [0.29, 0.717) is 19.4 Å². The van der Waals surface area contributed by atoms with E-state index in [-0.39, 0.29) is 23.5 Å². The van der Waals surface area contributed by atoms with Gasteiger partial charge in [-0.25, -0.2) is 8.42 Å². The van der Waals surface area contributed by atoms with Gasteiger partial charge < -0.3 is 10.8 Å². The Bertz CT molecular complexity index is 250. The van der Waals surface area contributed by atoms with E-state index in [2.05, 4.69) is 0 Å². The smallest absolute Gasteiger partial charge is 0.150 e. The molecule has 0 rings (SSSR count). The van der Waals surface area contributed by atoms with Crippen LogP contribution in [0.1, 0.15) is 33.1 Å². The Balaban J connectivity index is 4.13. The largest absolute Gasteiger partial charge is 0.396 e. The molecule has 15 heavy (non-hydrogen) atoms. The highest BCUT2D eigenvalue weighted by atomic mass is 32.2. The Hall–Kier alpha value is -0.130. The summed E-state index contributed by atoms with van der Waals surface area (Å²) in [6.45, 7) is 4.06. The van der Waals surface area contributed by atoms with Gasteiger partial charge in [-0.05, 0) is 19.3 Å². The molecule has 0 bridgehead atoms. The summed E-state index contributed by atoms with van der Waals surface area (Å²) >= 11 is 0. The number of aliphatic hydroxyl groups is 1. The van der Waals surface area contributed by atoms with Crippen molar-refractivity contribution in [2.45, 2.75) is 33.1 Å². The summed E-state index contributed by atoms with van der Waals surface area (Å²) in [6.07, 6.45) is 2.05. The van der Waals surface area contributed by atoms with E-state index in [9.17, 15) is 13.5 Å². The van der Waals surface area contributed by atoms with Gasteiger partial charge in [0.05, 0.1) is 5.75 Å². The summed E-state index contributed by atoms with van der Waals surface area (Å²) in [6, 6.07) is 0.